The molecular weight excluding hydrogens is 717 g/mol. The van der Waals surface area contributed by atoms with Gasteiger partial charge in [-0.25, -0.2) is 4.98 Å². The molecule has 266 valence electrons. The van der Waals surface area contributed by atoms with Crippen molar-refractivity contribution in [1.82, 2.24) is 19.5 Å². The Morgan fingerprint density at radius 1 is 0.386 bits per heavy atom. The number of thiophene rings is 1. The number of aromatic nitrogens is 4. The lowest BCUT2D eigenvalue weighted by molar-refractivity contribution is 0.669. The molecule has 0 radical (unpaired) electrons. The molecule has 0 saturated carbocycles. The SMILES string of the molecule is c1ccc(-c2ccc3c(c2)oc2ccc(-c4ccc5c(c4)c4ccccc4n5-c4nc(-c5ccccc5)nc(-c5cccc6sc7ccccc7c56)n4)cc23)cc1. The Balaban J connectivity index is 1.04. The molecule has 57 heavy (non-hydrogen) atoms. The lowest BCUT2D eigenvalue weighted by Gasteiger charge is -2.12. The molecule has 4 aromatic heterocycles. The van der Waals surface area contributed by atoms with Crippen molar-refractivity contribution in [2.75, 3.05) is 0 Å². The van der Waals surface area contributed by atoms with Crippen molar-refractivity contribution in [2.45, 2.75) is 0 Å². The van der Waals surface area contributed by atoms with Gasteiger partial charge in [0.25, 0.3) is 0 Å². The third-order valence-corrected chi connectivity index (χ3v) is 12.2. The zero-order valence-corrected chi connectivity index (χ0v) is 31.2. The minimum absolute atomic E-state index is 0.579. The van der Waals surface area contributed by atoms with Crippen LogP contribution in [0.2, 0.25) is 0 Å². The molecule has 0 bridgehead atoms. The van der Waals surface area contributed by atoms with Crippen molar-refractivity contribution in [2.24, 2.45) is 0 Å². The Morgan fingerprint density at radius 2 is 1.04 bits per heavy atom. The van der Waals surface area contributed by atoms with E-state index in [4.69, 9.17) is 19.4 Å². The van der Waals surface area contributed by atoms with E-state index in [0.717, 1.165) is 71.6 Å². The number of rotatable bonds is 5. The molecule has 0 aliphatic carbocycles. The molecule has 12 aromatic rings. The minimum atomic E-state index is 0.579. The average Bonchev–Trinajstić information content (AvgIpc) is 3.95. The van der Waals surface area contributed by atoms with Gasteiger partial charge in [-0.15, -0.1) is 11.3 Å². The third kappa shape index (κ3) is 5.12. The maximum Gasteiger partial charge on any atom is 0.238 e. The van der Waals surface area contributed by atoms with Gasteiger partial charge in [0.1, 0.15) is 11.2 Å². The van der Waals surface area contributed by atoms with Gasteiger partial charge in [0.15, 0.2) is 11.6 Å². The average molecular weight is 747 g/mol. The zero-order valence-electron chi connectivity index (χ0n) is 30.4. The Kier molecular flexibility index (Phi) is 7.03. The molecule has 5 nitrogen and oxygen atoms in total. The Hall–Kier alpha value is -7.41. The molecule has 12 rings (SSSR count). The summed E-state index contributed by atoms with van der Waals surface area (Å²) in [5.74, 6) is 1.86. The predicted octanol–water partition coefficient (Wildman–Crippen LogP) is 13.9. The molecule has 0 spiro atoms. The van der Waals surface area contributed by atoms with Crippen molar-refractivity contribution < 1.29 is 4.42 Å². The molecule has 6 heteroatoms. The second kappa shape index (κ2) is 12.6. The van der Waals surface area contributed by atoms with Crippen LogP contribution in [-0.4, -0.2) is 19.5 Å². The van der Waals surface area contributed by atoms with Crippen LogP contribution in [-0.2, 0) is 0 Å². The highest BCUT2D eigenvalue weighted by molar-refractivity contribution is 7.25. The van der Waals surface area contributed by atoms with Gasteiger partial charge in [-0.05, 0) is 76.9 Å². The van der Waals surface area contributed by atoms with Gasteiger partial charge in [0, 0.05) is 52.8 Å². The first kappa shape index (κ1) is 31.9. The molecule has 0 unspecified atom stereocenters. The summed E-state index contributed by atoms with van der Waals surface area (Å²) >= 11 is 1.80. The van der Waals surface area contributed by atoms with E-state index >= 15 is 0 Å². The van der Waals surface area contributed by atoms with Crippen molar-refractivity contribution in [3.63, 3.8) is 0 Å². The second-order valence-electron chi connectivity index (χ2n) is 14.4. The van der Waals surface area contributed by atoms with Crippen molar-refractivity contribution in [3.05, 3.63) is 182 Å². The Labute approximate surface area is 330 Å². The van der Waals surface area contributed by atoms with Gasteiger partial charge in [-0.3, -0.25) is 4.57 Å². The van der Waals surface area contributed by atoms with E-state index < -0.39 is 0 Å². The van der Waals surface area contributed by atoms with Gasteiger partial charge in [-0.2, -0.15) is 9.97 Å². The summed E-state index contributed by atoms with van der Waals surface area (Å²) in [6.07, 6.45) is 0. The third-order valence-electron chi connectivity index (χ3n) is 11.1. The van der Waals surface area contributed by atoms with Crippen LogP contribution in [0.1, 0.15) is 0 Å². The van der Waals surface area contributed by atoms with Gasteiger partial charge >= 0.3 is 0 Å². The van der Waals surface area contributed by atoms with Gasteiger partial charge in [0.05, 0.1) is 11.0 Å². The molecule has 4 heterocycles. The number of benzene rings is 8. The standard InChI is InChI=1S/C51H30N4OS/c1-3-12-31(13-4-1)35-22-25-37-41-29-34(24-27-44(41)56-45(37)30-35)33-23-26-43-40(28-33)36-16-7-9-19-42(36)55(43)51-53-49(32-14-5-2-6-15-32)52-50(54-51)39-18-11-21-47-48(39)38-17-8-10-20-46(38)57-47/h1-30H. The summed E-state index contributed by atoms with van der Waals surface area (Å²) < 4.78 is 11.0. The monoisotopic (exact) mass is 746 g/mol. The molecular formula is C51H30N4OS. The second-order valence-corrected chi connectivity index (χ2v) is 15.5. The highest BCUT2D eigenvalue weighted by Crippen LogP contribution is 2.41. The van der Waals surface area contributed by atoms with Crippen LogP contribution >= 0.6 is 11.3 Å². The molecule has 0 aliphatic rings. The van der Waals surface area contributed by atoms with Crippen LogP contribution in [0.3, 0.4) is 0 Å². The molecule has 0 amide bonds. The van der Waals surface area contributed by atoms with Gasteiger partial charge in [-0.1, -0.05) is 127 Å². The molecule has 0 saturated heterocycles. The maximum atomic E-state index is 6.39. The van der Waals surface area contributed by atoms with Crippen molar-refractivity contribution >= 4 is 75.3 Å². The first-order valence-electron chi connectivity index (χ1n) is 19.0. The maximum absolute atomic E-state index is 6.39. The largest absolute Gasteiger partial charge is 0.456 e. The summed E-state index contributed by atoms with van der Waals surface area (Å²) in [5.41, 5.74) is 10.3. The summed E-state index contributed by atoms with van der Waals surface area (Å²) in [7, 11) is 0. The number of hydrogen-bond donors (Lipinski definition) is 0. The van der Waals surface area contributed by atoms with Crippen LogP contribution in [0.15, 0.2) is 186 Å². The van der Waals surface area contributed by atoms with Crippen LogP contribution in [0, 0.1) is 0 Å². The van der Waals surface area contributed by atoms with Crippen LogP contribution in [0.4, 0.5) is 0 Å². The first-order valence-corrected chi connectivity index (χ1v) is 19.8. The predicted molar refractivity (Wildman–Crippen MR) is 236 cm³/mol. The van der Waals surface area contributed by atoms with E-state index in [2.05, 4.69) is 162 Å². The minimum Gasteiger partial charge on any atom is -0.456 e. The fourth-order valence-corrected chi connectivity index (χ4v) is 9.53. The Morgan fingerprint density at radius 3 is 1.89 bits per heavy atom. The number of fused-ring (bicyclic) bond motifs is 9. The van der Waals surface area contributed by atoms with E-state index in [1.54, 1.807) is 11.3 Å². The highest BCUT2D eigenvalue weighted by atomic mass is 32.1. The Bertz CT molecular complexity index is 3530. The zero-order chi connectivity index (χ0) is 37.5. The smallest absolute Gasteiger partial charge is 0.238 e. The lowest BCUT2D eigenvalue weighted by atomic mass is 9.99. The summed E-state index contributed by atoms with van der Waals surface area (Å²) in [6.45, 7) is 0. The number of hydrogen-bond acceptors (Lipinski definition) is 5. The van der Waals surface area contributed by atoms with E-state index in [9.17, 15) is 0 Å². The normalized spacial score (nSPS) is 11.9. The summed E-state index contributed by atoms with van der Waals surface area (Å²) in [5, 5.41) is 6.84. The lowest BCUT2D eigenvalue weighted by Crippen LogP contribution is -2.06. The fraction of sp³-hybridized carbons (Fsp3) is 0. The van der Waals surface area contributed by atoms with E-state index in [1.807, 2.05) is 24.3 Å². The quantitative estimate of drug-likeness (QED) is 0.176. The molecule has 0 atom stereocenters. The van der Waals surface area contributed by atoms with Crippen LogP contribution in [0.5, 0.6) is 0 Å². The molecule has 0 N–H and O–H groups in total. The first-order chi connectivity index (χ1) is 28.2. The fourth-order valence-electron chi connectivity index (χ4n) is 8.40. The number of para-hydroxylation sites is 1. The van der Waals surface area contributed by atoms with Gasteiger partial charge < -0.3 is 4.42 Å². The molecule has 0 fully saturated rings. The van der Waals surface area contributed by atoms with Crippen LogP contribution < -0.4 is 0 Å². The van der Waals surface area contributed by atoms with E-state index in [-0.39, 0.29) is 0 Å². The summed E-state index contributed by atoms with van der Waals surface area (Å²) in [6, 6.07) is 63.8. The van der Waals surface area contributed by atoms with Crippen molar-refractivity contribution in [1.29, 1.82) is 0 Å². The van der Waals surface area contributed by atoms with E-state index in [1.165, 1.54) is 25.7 Å². The van der Waals surface area contributed by atoms with E-state index in [0.29, 0.717) is 17.6 Å². The molecule has 0 aliphatic heterocycles. The number of furan rings is 1. The van der Waals surface area contributed by atoms with Crippen molar-refractivity contribution in [3.8, 4) is 51.0 Å². The molecule has 8 aromatic carbocycles. The van der Waals surface area contributed by atoms with Crippen LogP contribution in [0.25, 0.3) is 115 Å². The summed E-state index contributed by atoms with van der Waals surface area (Å²) in [4.78, 5) is 15.7. The number of nitrogens with zero attached hydrogens (tertiary/aromatic N) is 4. The van der Waals surface area contributed by atoms with Gasteiger partial charge in [0.2, 0.25) is 5.95 Å². The highest BCUT2D eigenvalue weighted by Gasteiger charge is 2.20. The topological polar surface area (TPSA) is 56.7 Å².